The molecule has 2 aromatic carbocycles. The summed E-state index contributed by atoms with van der Waals surface area (Å²) >= 11 is 12.0. The minimum absolute atomic E-state index is 0.245. The summed E-state index contributed by atoms with van der Waals surface area (Å²) in [4.78, 5) is 23.9. The largest absolute Gasteiger partial charge is 0.493 e. The lowest BCUT2D eigenvalue weighted by Gasteiger charge is -2.17. The van der Waals surface area contributed by atoms with Crippen molar-refractivity contribution in [2.75, 3.05) is 19.5 Å². The topological polar surface area (TPSA) is 73.9 Å². The molecule has 0 saturated carbocycles. The van der Waals surface area contributed by atoms with Crippen molar-refractivity contribution in [1.29, 1.82) is 0 Å². The zero-order valence-corrected chi connectivity index (χ0v) is 15.9. The van der Waals surface area contributed by atoms with Crippen LogP contribution in [-0.4, -0.2) is 32.2 Å². The number of nitrogens with one attached hydrogen (secondary N) is 1. The maximum Gasteiger partial charge on any atom is 0.337 e. The van der Waals surface area contributed by atoms with Crippen molar-refractivity contribution in [3.63, 3.8) is 0 Å². The standard InChI is InChI=1S/C18H17Cl2NO5/c1-10(17(22)21-13-6-4-5-12(19)16(13)20)26-14-8-7-11(18(23)25-3)9-15(14)24-2/h4-10H,1-3H3,(H,21,22). The van der Waals surface area contributed by atoms with E-state index in [2.05, 4.69) is 10.1 Å². The summed E-state index contributed by atoms with van der Waals surface area (Å²) in [6, 6.07) is 9.44. The van der Waals surface area contributed by atoms with Crippen LogP contribution in [0.15, 0.2) is 36.4 Å². The molecule has 0 saturated heterocycles. The van der Waals surface area contributed by atoms with Crippen LogP contribution in [-0.2, 0) is 9.53 Å². The molecule has 2 aromatic rings. The van der Waals surface area contributed by atoms with Crippen LogP contribution in [0.4, 0.5) is 5.69 Å². The van der Waals surface area contributed by atoms with Crippen LogP contribution in [0.3, 0.4) is 0 Å². The maximum absolute atomic E-state index is 12.3. The highest BCUT2D eigenvalue weighted by Crippen LogP contribution is 2.31. The third kappa shape index (κ3) is 4.59. The monoisotopic (exact) mass is 397 g/mol. The van der Waals surface area contributed by atoms with Crippen molar-refractivity contribution in [3.8, 4) is 11.5 Å². The number of ether oxygens (including phenoxy) is 3. The predicted octanol–water partition coefficient (Wildman–Crippen LogP) is 4.19. The van der Waals surface area contributed by atoms with Crippen molar-refractivity contribution in [3.05, 3.63) is 52.0 Å². The van der Waals surface area contributed by atoms with Crippen molar-refractivity contribution in [2.45, 2.75) is 13.0 Å². The Morgan fingerprint density at radius 3 is 2.46 bits per heavy atom. The smallest absolute Gasteiger partial charge is 0.337 e. The first-order valence-corrected chi connectivity index (χ1v) is 8.30. The fourth-order valence-electron chi connectivity index (χ4n) is 2.09. The van der Waals surface area contributed by atoms with Gasteiger partial charge in [0.15, 0.2) is 17.6 Å². The Labute approximate surface area is 160 Å². The Morgan fingerprint density at radius 1 is 1.08 bits per heavy atom. The Balaban J connectivity index is 2.13. The number of esters is 1. The molecule has 0 spiro atoms. The third-order valence-electron chi connectivity index (χ3n) is 3.47. The third-order valence-corrected chi connectivity index (χ3v) is 4.29. The summed E-state index contributed by atoms with van der Waals surface area (Å²) in [5.41, 5.74) is 0.687. The molecular formula is C18H17Cl2NO5. The number of carbonyl (C=O) groups excluding carboxylic acids is 2. The van der Waals surface area contributed by atoms with Crippen LogP contribution < -0.4 is 14.8 Å². The Morgan fingerprint density at radius 2 is 1.81 bits per heavy atom. The molecule has 2 rings (SSSR count). The van der Waals surface area contributed by atoms with E-state index in [1.54, 1.807) is 25.1 Å². The molecule has 0 aliphatic rings. The maximum atomic E-state index is 12.3. The van der Waals surface area contributed by atoms with Crippen molar-refractivity contribution in [1.82, 2.24) is 0 Å². The van der Waals surface area contributed by atoms with Crippen LogP contribution in [0.5, 0.6) is 11.5 Å². The number of amides is 1. The van der Waals surface area contributed by atoms with E-state index < -0.39 is 18.0 Å². The van der Waals surface area contributed by atoms with Crippen LogP contribution >= 0.6 is 23.2 Å². The zero-order valence-electron chi connectivity index (χ0n) is 14.3. The van der Waals surface area contributed by atoms with E-state index in [1.165, 1.54) is 32.4 Å². The Bertz CT molecular complexity index is 825. The molecule has 0 heterocycles. The molecule has 1 N–H and O–H groups in total. The summed E-state index contributed by atoms with van der Waals surface area (Å²) in [5.74, 6) is -0.321. The van der Waals surface area contributed by atoms with Gasteiger partial charge in [-0.2, -0.15) is 0 Å². The zero-order chi connectivity index (χ0) is 19.3. The number of carbonyl (C=O) groups is 2. The van der Waals surface area contributed by atoms with Gasteiger partial charge in [-0.3, -0.25) is 4.79 Å². The second-order valence-electron chi connectivity index (χ2n) is 5.21. The van der Waals surface area contributed by atoms with Gasteiger partial charge in [0.1, 0.15) is 0 Å². The van der Waals surface area contributed by atoms with Crippen LogP contribution in [0.2, 0.25) is 10.0 Å². The van der Waals surface area contributed by atoms with Crippen molar-refractivity contribution >= 4 is 40.8 Å². The number of anilines is 1. The van der Waals surface area contributed by atoms with Crippen LogP contribution in [0.25, 0.3) is 0 Å². The minimum atomic E-state index is -0.858. The lowest BCUT2D eigenvalue weighted by molar-refractivity contribution is -0.122. The van der Waals surface area contributed by atoms with E-state index in [9.17, 15) is 9.59 Å². The van der Waals surface area contributed by atoms with Gasteiger partial charge in [-0.05, 0) is 37.3 Å². The molecule has 0 aromatic heterocycles. The first-order valence-electron chi connectivity index (χ1n) is 7.55. The van der Waals surface area contributed by atoms with Gasteiger partial charge in [-0.25, -0.2) is 4.79 Å². The van der Waals surface area contributed by atoms with Gasteiger partial charge < -0.3 is 19.5 Å². The SMILES string of the molecule is COC(=O)c1ccc(OC(C)C(=O)Nc2cccc(Cl)c2Cl)c(OC)c1. The number of halogens is 2. The average molecular weight is 398 g/mol. The molecule has 0 bridgehead atoms. The fraction of sp³-hybridized carbons (Fsp3) is 0.222. The normalized spacial score (nSPS) is 11.4. The van der Waals surface area contributed by atoms with E-state index in [-0.39, 0.29) is 5.02 Å². The van der Waals surface area contributed by atoms with Crippen LogP contribution in [0, 0.1) is 0 Å². The highest BCUT2D eigenvalue weighted by molar-refractivity contribution is 6.44. The van der Waals surface area contributed by atoms with Gasteiger partial charge >= 0.3 is 5.97 Å². The first-order chi connectivity index (χ1) is 12.4. The van der Waals surface area contributed by atoms with Gasteiger partial charge in [-0.15, -0.1) is 0 Å². The van der Waals surface area contributed by atoms with E-state index in [1.807, 2.05) is 0 Å². The van der Waals surface area contributed by atoms with E-state index in [4.69, 9.17) is 32.7 Å². The van der Waals surface area contributed by atoms with Gasteiger partial charge in [0.05, 0.1) is 35.5 Å². The lowest BCUT2D eigenvalue weighted by Crippen LogP contribution is -2.30. The molecule has 0 radical (unpaired) electrons. The Hall–Kier alpha value is -2.44. The number of rotatable bonds is 6. The second kappa shape index (κ2) is 8.78. The second-order valence-corrected chi connectivity index (χ2v) is 5.99. The molecular weight excluding hydrogens is 381 g/mol. The Kier molecular flexibility index (Phi) is 6.71. The summed E-state index contributed by atoms with van der Waals surface area (Å²) in [6.45, 7) is 1.57. The molecule has 6 nitrogen and oxygen atoms in total. The average Bonchev–Trinajstić information content (AvgIpc) is 2.64. The highest BCUT2D eigenvalue weighted by Gasteiger charge is 2.19. The van der Waals surface area contributed by atoms with Gasteiger partial charge in [0, 0.05) is 0 Å². The number of hydrogen-bond donors (Lipinski definition) is 1. The molecule has 26 heavy (non-hydrogen) atoms. The molecule has 138 valence electrons. The quantitative estimate of drug-likeness (QED) is 0.739. The first kappa shape index (κ1) is 19.9. The summed E-state index contributed by atoms with van der Waals surface area (Å²) < 4.78 is 15.5. The number of methoxy groups -OCH3 is 2. The van der Waals surface area contributed by atoms with E-state index in [0.717, 1.165) is 0 Å². The highest BCUT2D eigenvalue weighted by atomic mass is 35.5. The van der Waals surface area contributed by atoms with E-state index in [0.29, 0.717) is 27.8 Å². The summed E-state index contributed by atoms with van der Waals surface area (Å²) in [6.07, 6.45) is -0.858. The number of benzene rings is 2. The van der Waals surface area contributed by atoms with Crippen molar-refractivity contribution < 1.29 is 23.8 Å². The molecule has 1 unspecified atom stereocenters. The molecule has 1 amide bonds. The molecule has 0 fully saturated rings. The molecule has 8 heteroatoms. The summed E-state index contributed by atoms with van der Waals surface area (Å²) in [5, 5.41) is 3.23. The molecule has 0 aliphatic carbocycles. The van der Waals surface area contributed by atoms with Crippen LogP contribution in [0.1, 0.15) is 17.3 Å². The van der Waals surface area contributed by atoms with Gasteiger partial charge in [-0.1, -0.05) is 29.3 Å². The van der Waals surface area contributed by atoms with Crippen molar-refractivity contribution in [2.24, 2.45) is 0 Å². The predicted molar refractivity (Wildman–Crippen MR) is 99.5 cm³/mol. The fourth-order valence-corrected chi connectivity index (χ4v) is 2.44. The summed E-state index contributed by atoms with van der Waals surface area (Å²) in [7, 11) is 2.71. The van der Waals surface area contributed by atoms with E-state index >= 15 is 0 Å². The van der Waals surface area contributed by atoms with Gasteiger partial charge in [0.2, 0.25) is 0 Å². The molecule has 1 atom stereocenters. The lowest BCUT2D eigenvalue weighted by atomic mass is 10.2. The molecule has 0 aliphatic heterocycles. The van der Waals surface area contributed by atoms with Gasteiger partial charge in [0.25, 0.3) is 5.91 Å². The number of hydrogen-bond acceptors (Lipinski definition) is 5. The minimum Gasteiger partial charge on any atom is -0.493 e.